The molecule has 0 saturated carbocycles. The Kier molecular flexibility index (Phi) is 5.05. The summed E-state index contributed by atoms with van der Waals surface area (Å²) in [7, 11) is 0. The summed E-state index contributed by atoms with van der Waals surface area (Å²) in [6, 6.07) is 2.24. The zero-order valence-electron chi connectivity index (χ0n) is 9.13. The van der Waals surface area contributed by atoms with Crippen LogP contribution in [0.25, 0.3) is 0 Å². The minimum Gasteiger partial charge on any atom is -0.396 e. The molecule has 1 heterocycles. The van der Waals surface area contributed by atoms with Gasteiger partial charge in [-0.15, -0.1) is 0 Å². The molecule has 0 aliphatic carbocycles. The SMILES string of the molecule is CCC(CCO)Nc1nccc(C)c1Br. The third kappa shape index (κ3) is 3.47. The van der Waals surface area contributed by atoms with Crippen molar-refractivity contribution in [2.45, 2.75) is 32.7 Å². The van der Waals surface area contributed by atoms with Crippen molar-refractivity contribution >= 4 is 21.7 Å². The highest BCUT2D eigenvalue weighted by atomic mass is 79.9. The molecule has 1 aromatic heterocycles. The summed E-state index contributed by atoms with van der Waals surface area (Å²) in [5.74, 6) is 0.857. The number of pyridine rings is 1. The minimum atomic E-state index is 0.203. The van der Waals surface area contributed by atoms with E-state index < -0.39 is 0 Å². The van der Waals surface area contributed by atoms with Crippen molar-refractivity contribution in [3.05, 3.63) is 22.3 Å². The van der Waals surface area contributed by atoms with Crippen molar-refractivity contribution in [1.82, 2.24) is 4.98 Å². The van der Waals surface area contributed by atoms with E-state index >= 15 is 0 Å². The summed E-state index contributed by atoms with van der Waals surface area (Å²) in [5.41, 5.74) is 1.16. The average Bonchev–Trinajstić information content (AvgIpc) is 2.24. The second-order valence-corrected chi connectivity index (χ2v) is 4.35. The molecule has 0 aromatic carbocycles. The zero-order valence-corrected chi connectivity index (χ0v) is 10.7. The number of halogens is 1. The van der Waals surface area contributed by atoms with Crippen LogP contribution in [-0.2, 0) is 0 Å². The largest absolute Gasteiger partial charge is 0.396 e. The summed E-state index contributed by atoms with van der Waals surface area (Å²) in [4.78, 5) is 4.27. The van der Waals surface area contributed by atoms with Gasteiger partial charge in [0.05, 0.1) is 4.47 Å². The van der Waals surface area contributed by atoms with E-state index in [2.05, 4.69) is 33.2 Å². The lowest BCUT2D eigenvalue weighted by Crippen LogP contribution is -2.20. The normalized spacial score (nSPS) is 12.5. The fourth-order valence-corrected chi connectivity index (χ4v) is 1.72. The van der Waals surface area contributed by atoms with Gasteiger partial charge in [0.1, 0.15) is 5.82 Å². The fraction of sp³-hybridized carbons (Fsp3) is 0.545. The number of nitrogens with zero attached hydrogens (tertiary/aromatic N) is 1. The molecule has 1 rings (SSSR count). The topological polar surface area (TPSA) is 45.1 Å². The van der Waals surface area contributed by atoms with E-state index in [1.165, 1.54) is 0 Å². The molecule has 1 unspecified atom stereocenters. The van der Waals surface area contributed by atoms with Gasteiger partial charge in [0, 0.05) is 18.8 Å². The van der Waals surface area contributed by atoms with Gasteiger partial charge in [-0.25, -0.2) is 4.98 Å². The summed E-state index contributed by atoms with van der Waals surface area (Å²) in [6.07, 6.45) is 3.51. The second kappa shape index (κ2) is 6.08. The van der Waals surface area contributed by atoms with Crippen LogP contribution in [0.3, 0.4) is 0 Å². The van der Waals surface area contributed by atoms with Gasteiger partial charge in [-0.3, -0.25) is 0 Å². The van der Waals surface area contributed by atoms with Crippen LogP contribution in [0.2, 0.25) is 0 Å². The molecular weight excluding hydrogens is 256 g/mol. The molecule has 0 fully saturated rings. The standard InChI is InChI=1S/C11H17BrN2O/c1-3-9(5-7-15)14-11-10(12)8(2)4-6-13-11/h4,6,9,15H,3,5,7H2,1-2H3,(H,13,14). The first-order valence-electron chi connectivity index (χ1n) is 5.17. The first-order valence-corrected chi connectivity index (χ1v) is 5.96. The monoisotopic (exact) mass is 272 g/mol. The van der Waals surface area contributed by atoms with Crippen LogP contribution in [0, 0.1) is 6.92 Å². The maximum atomic E-state index is 8.90. The van der Waals surface area contributed by atoms with E-state index in [1.54, 1.807) is 6.20 Å². The van der Waals surface area contributed by atoms with Gasteiger partial charge in [0.2, 0.25) is 0 Å². The number of aliphatic hydroxyl groups is 1. The van der Waals surface area contributed by atoms with Crippen LogP contribution in [-0.4, -0.2) is 22.7 Å². The van der Waals surface area contributed by atoms with Gasteiger partial charge in [-0.05, 0) is 47.3 Å². The van der Waals surface area contributed by atoms with E-state index in [9.17, 15) is 0 Å². The molecule has 1 aromatic rings. The van der Waals surface area contributed by atoms with Crippen molar-refractivity contribution in [2.24, 2.45) is 0 Å². The Morgan fingerprint density at radius 1 is 1.60 bits per heavy atom. The third-order valence-corrected chi connectivity index (χ3v) is 3.39. The van der Waals surface area contributed by atoms with Gasteiger partial charge < -0.3 is 10.4 Å². The van der Waals surface area contributed by atoms with E-state index in [0.29, 0.717) is 0 Å². The predicted molar refractivity (Wildman–Crippen MR) is 66.1 cm³/mol. The molecule has 0 saturated heterocycles. The number of hydrogen-bond donors (Lipinski definition) is 2. The molecule has 3 nitrogen and oxygen atoms in total. The Bertz CT molecular complexity index is 317. The van der Waals surface area contributed by atoms with Gasteiger partial charge in [-0.1, -0.05) is 6.92 Å². The Balaban J connectivity index is 2.74. The van der Waals surface area contributed by atoms with E-state index in [4.69, 9.17) is 5.11 Å². The summed E-state index contributed by atoms with van der Waals surface area (Å²) < 4.78 is 1.00. The van der Waals surface area contributed by atoms with Crippen molar-refractivity contribution in [1.29, 1.82) is 0 Å². The van der Waals surface area contributed by atoms with Gasteiger partial charge in [0.25, 0.3) is 0 Å². The Labute approximate surface area is 99.1 Å². The van der Waals surface area contributed by atoms with Crippen LogP contribution < -0.4 is 5.32 Å². The van der Waals surface area contributed by atoms with Crippen LogP contribution in [0.1, 0.15) is 25.3 Å². The number of anilines is 1. The molecule has 0 spiro atoms. The van der Waals surface area contributed by atoms with Gasteiger partial charge >= 0.3 is 0 Å². The zero-order chi connectivity index (χ0) is 11.3. The van der Waals surface area contributed by atoms with Crippen molar-refractivity contribution in [3.63, 3.8) is 0 Å². The van der Waals surface area contributed by atoms with Crippen molar-refractivity contribution in [3.8, 4) is 0 Å². The number of rotatable bonds is 5. The van der Waals surface area contributed by atoms with Crippen LogP contribution in [0.15, 0.2) is 16.7 Å². The fourth-order valence-electron chi connectivity index (χ4n) is 1.37. The average molecular weight is 273 g/mol. The first kappa shape index (κ1) is 12.5. The Hall–Kier alpha value is -0.610. The maximum absolute atomic E-state index is 8.90. The van der Waals surface area contributed by atoms with Crippen LogP contribution >= 0.6 is 15.9 Å². The Morgan fingerprint density at radius 2 is 2.33 bits per heavy atom. The second-order valence-electron chi connectivity index (χ2n) is 3.55. The smallest absolute Gasteiger partial charge is 0.140 e. The summed E-state index contributed by atoms with van der Waals surface area (Å²) in [5, 5.41) is 12.2. The van der Waals surface area contributed by atoms with E-state index in [0.717, 1.165) is 28.7 Å². The molecule has 2 N–H and O–H groups in total. The number of aliphatic hydroxyl groups excluding tert-OH is 1. The lowest BCUT2D eigenvalue weighted by atomic mass is 10.1. The first-order chi connectivity index (χ1) is 7.19. The number of nitrogens with one attached hydrogen (secondary N) is 1. The summed E-state index contributed by atoms with van der Waals surface area (Å²) in [6.45, 7) is 4.33. The molecule has 0 radical (unpaired) electrons. The van der Waals surface area contributed by atoms with Crippen molar-refractivity contribution in [2.75, 3.05) is 11.9 Å². The molecule has 0 amide bonds. The number of aromatic nitrogens is 1. The molecule has 0 aliphatic rings. The maximum Gasteiger partial charge on any atom is 0.140 e. The van der Waals surface area contributed by atoms with Gasteiger partial charge in [-0.2, -0.15) is 0 Å². The minimum absolute atomic E-state index is 0.203. The van der Waals surface area contributed by atoms with Crippen LogP contribution in [0.4, 0.5) is 5.82 Å². The highest BCUT2D eigenvalue weighted by molar-refractivity contribution is 9.10. The highest BCUT2D eigenvalue weighted by Gasteiger charge is 2.09. The number of hydrogen-bond acceptors (Lipinski definition) is 3. The third-order valence-electron chi connectivity index (χ3n) is 2.39. The van der Waals surface area contributed by atoms with Crippen LogP contribution in [0.5, 0.6) is 0 Å². The molecular formula is C11H17BrN2O. The quantitative estimate of drug-likeness (QED) is 0.867. The molecule has 4 heteroatoms. The Morgan fingerprint density at radius 3 is 2.93 bits per heavy atom. The lowest BCUT2D eigenvalue weighted by Gasteiger charge is -2.17. The molecule has 0 aliphatic heterocycles. The lowest BCUT2D eigenvalue weighted by molar-refractivity contribution is 0.278. The summed E-state index contributed by atoms with van der Waals surface area (Å²) >= 11 is 3.50. The van der Waals surface area contributed by atoms with Gasteiger partial charge in [0.15, 0.2) is 0 Å². The van der Waals surface area contributed by atoms with E-state index in [-0.39, 0.29) is 12.6 Å². The number of aryl methyl sites for hydroxylation is 1. The molecule has 1 atom stereocenters. The highest BCUT2D eigenvalue weighted by Crippen LogP contribution is 2.24. The predicted octanol–water partition coefficient (Wildman–Crippen LogP) is 2.73. The van der Waals surface area contributed by atoms with E-state index in [1.807, 2.05) is 13.0 Å². The molecule has 15 heavy (non-hydrogen) atoms. The van der Waals surface area contributed by atoms with Crippen molar-refractivity contribution < 1.29 is 5.11 Å². The molecule has 84 valence electrons. The molecule has 0 bridgehead atoms.